The van der Waals surface area contributed by atoms with Crippen LogP contribution in [0.1, 0.15) is 31.2 Å². The zero-order valence-electron chi connectivity index (χ0n) is 21.5. The van der Waals surface area contributed by atoms with E-state index >= 15 is 0 Å². The summed E-state index contributed by atoms with van der Waals surface area (Å²) in [5.41, 5.74) is -1.98. The topological polar surface area (TPSA) is 26.8 Å². The van der Waals surface area contributed by atoms with E-state index in [1.807, 2.05) is 17.0 Å². The number of halogens is 4. The van der Waals surface area contributed by atoms with Gasteiger partial charge in [-0.05, 0) is 104 Å². The van der Waals surface area contributed by atoms with Crippen molar-refractivity contribution in [3.63, 3.8) is 0 Å². The van der Waals surface area contributed by atoms with Crippen LogP contribution < -0.4 is 4.90 Å². The maximum Gasteiger partial charge on any atom is 0.446 e. The Morgan fingerprint density at radius 2 is 1.63 bits per heavy atom. The highest BCUT2D eigenvalue weighted by Gasteiger charge is 2.39. The Balaban J connectivity index is 1.01. The van der Waals surface area contributed by atoms with Gasteiger partial charge in [-0.2, -0.15) is 13.2 Å². The van der Waals surface area contributed by atoms with Crippen molar-refractivity contribution < 1.29 is 18.0 Å². The Morgan fingerprint density at radius 3 is 2.29 bits per heavy atom. The number of piperidine rings is 1. The minimum Gasteiger partial charge on any atom is -0.371 e. The normalized spacial score (nSPS) is 24.2. The predicted molar refractivity (Wildman–Crippen MR) is 148 cm³/mol. The molecule has 0 aliphatic carbocycles. The fourth-order valence-corrected chi connectivity index (χ4v) is 7.03. The van der Waals surface area contributed by atoms with E-state index in [9.17, 15) is 18.0 Å². The molecule has 3 saturated heterocycles. The number of thioether (sulfide) groups is 1. The quantitative estimate of drug-likeness (QED) is 0.338. The summed E-state index contributed by atoms with van der Waals surface area (Å²) in [4.78, 5) is 20.2. The third-order valence-electron chi connectivity index (χ3n) is 8.17. The molecule has 3 aliphatic rings. The van der Waals surface area contributed by atoms with Gasteiger partial charge in [-0.15, -0.1) is 0 Å². The molecule has 0 spiro atoms. The second kappa shape index (κ2) is 12.1. The lowest BCUT2D eigenvalue weighted by atomic mass is 9.91. The monoisotopic (exact) mass is 565 g/mol. The molecule has 2 aromatic carbocycles. The molecule has 2 aromatic rings. The van der Waals surface area contributed by atoms with Crippen LogP contribution in [0.25, 0.3) is 0 Å². The lowest BCUT2D eigenvalue weighted by Crippen LogP contribution is -2.40. The number of rotatable bonds is 8. The number of carbonyl (C=O) groups is 1. The largest absolute Gasteiger partial charge is 0.446 e. The molecule has 3 heterocycles. The van der Waals surface area contributed by atoms with Crippen LogP contribution in [-0.2, 0) is 11.2 Å². The van der Waals surface area contributed by atoms with Crippen LogP contribution >= 0.6 is 23.4 Å². The third kappa shape index (κ3) is 7.39. The van der Waals surface area contributed by atoms with Crippen molar-refractivity contribution in [2.24, 2.45) is 17.8 Å². The number of nitrogens with zero attached hydrogens (tertiary/aromatic N) is 3. The Labute approximate surface area is 232 Å². The van der Waals surface area contributed by atoms with E-state index in [2.05, 4.69) is 21.9 Å². The molecule has 0 N–H and O–H groups in total. The van der Waals surface area contributed by atoms with Crippen LogP contribution in [0.15, 0.2) is 53.4 Å². The van der Waals surface area contributed by atoms with Crippen LogP contribution in [0.4, 0.5) is 18.9 Å². The van der Waals surface area contributed by atoms with E-state index in [1.54, 1.807) is 24.3 Å². The molecule has 9 heteroatoms. The first-order chi connectivity index (χ1) is 18.2. The van der Waals surface area contributed by atoms with Crippen molar-refractivity contribution in [1.29, 1.82) is 0 Å². The highest BCUT2D eigenvalue weighted by atomic mass is 35.5. The Kier molecular flexibility index (Phi) is 8.80. The van der Waals surface area contributed by atoms with Crippen molar-refractivity contribution in [3.05, 3.63) is 59.1 Å². The Morgan fingerprint density at radius 1 is 0.947 bits per heavy atom. The molecule has 0 bridgehead atoms. The van der Waals surface area contributed by atoms with Crippen LogP contribution in [-0.4, -0.2) is 67.0 Å². The van der Waals surface area contributed by atoms with Crippen molar-refractivity contribution in [2.45, 2.75) is 42.5 Å². The molecule has 4 nitrogen and oxygen atoms in total. The zero-order valence-corrected chi connectivity index (χ0v) is 23.1. The van der Waals surface area contributed by atoms with Crippen molar-refractivity contribution in [2.75, 3.05) is 50.7 Å². The first kappa shape index (κ1) is 27.7. The summed E-state index contributed by atoms with van der Waals surface area (Å²) < 4.78 is 37.7. The lowest BCUT2D eigenvalue weighted by molar-refractivity contribution is -0.133. The molecule has 3 aliphatic heterocycles. The van der Waals surface area contributed by atoms with E-state index in [1.165, 1.54) is 5.69 Å². The van der Waals surface area contributed by atoms with E-state index < -0.39 is 5.51 Å². The molecule has 1 amide bonds. The van der Waals surface area contributed by atoms with Gasteiger partial charge < -0.3 is 14.7 Å². The molecule has 206 valence electrons. The van der Waals surface area contributed by atoms with Crippen LogP contribution in [0.5, 0.6) is 0 Å². The molecule has 38 heavy (non-hydrogen) atoms. The van der Waals surface area contributed by atoms with Crippen molar-refractivity contribution in [1.82, 2.24) is 9.80 Å². The molecular formula is C29H35ClF3N3OS. The minimum absolute atomic E-state index is 0.0819. The number of hydrogen-bond acceptors (Lipinski definition) is 4. The van der Waals surface area contributed by atoms with E-state index in [4.69, 9.17) is 11.6 Å². The van der Waals surface area contributed by atoms with Gasteiger partial charge in [0.05, 0.1) is 0 Å². The minimum atomic E-state index is -4.27. The average molecular weight is 566 g/mol. The van der Waals surface area contributed by atoms with Gasteiger partial charge in [0.2, 0.25) is 5.91 Å². The summed E-state index contributed by atoms with van der Waals surface area (Å²) in [6.07, 6.45) is 4.30. The number of carbonyl (C=O) groups excluding carboxylic acids is 1. The molecule has 0 saturated carbocycles. The van der Waals surface area contributed by atoms with Crippen LogP contribution in [0.2, 0.25) is 5.02 Å². The summed E-state index contributed by atoms with van der Waals surface area (Å²) in [5, 5.41) is 0.769. The van der Waals surface area contributed by atoms with Gasteiger partial charge >= 0.3 is 5.51 Å². The second-order valence-corrected chi connectivity index (χ2v) is 12.6. The molecule has 0 radical (unpaired) electrons. The summed E-state index contributed by atoms with van der Waals surface area (Å²) in [5.74, 6) is 1.96. The van der Waals surface area contributed by atoms with Crippen LogP contribution in [0.3, 0.4) is 0 Å². The number of fused-ring (bicyclic) bond motifs is 1. The molecular weight excluding hydrogens is 531 g/mol. The third-order valence-corrected chi connectivity index (χ3v) is 9.16. The summed E-state index contributed by atoms with van der Waals surface area (Å²) >= 11 is 5.95. The van der Waals surface area contributed by atoms with Gasteiger partial charge in [0, 0.05) is 61.3 Å². The molecule has 3 atom stereocenters. The maximum absolute atomic E-state index is 12.9. The van der Waals surface area contributed by atoms with Crippen molar-refractivity contribution in [3.8, 4) is 0 Å². The lowest BCUT2D eigenvalue weighted by Gasteiger charge is -2.33. The van der Waals surface area contributed by atoms with Gasteiger partial charge in [0.25, 0.3) is 0 Å². The molecule has 3 fully saturated rings. The summed E-state index contributed by atoms with van der Waals surface area (Å²) in [6, 6.07) is 14.8. The summed E-state index contributed by atoms with van der Waals surface area (Å²) in [6.45, 7) is 6.90. The molecule has 5 rings (SSSR count). The number of alkyl halides is 3. The van der Waals surface area contributed by atoms with E-state index in [-0.39, 0.29) is 22.6 Å². The predicted octanol–water partition coefficient (Wildman–Crippen LogP) is 6.58. The van der Waals surface area contributed by atoms with Crippen LogP contribution in [0, 0.1) is 17.8 Å². The SMILES string of the molecule is O=C(CCCN1CC2CN(c3ccc(Cl)cc3)CC2C1)N1CCC[C@H](Cc2ccc(SC(F)(F)F)cc2)C1. The first-order valence-electron chi connectivity index (χ1n) is 13.6. The molecule has 0 aromatic heterocycles. The van der Waals surface area contributed by atoms with Crippen molar-refractivity contribution >= 4 is 35.0 Å². The van der Waals surface area contributed by atoms with Gasteiger partial charge in [-0.1, -0.05) is 23.7 Å². The molecule has 2 unspecified atom stereocenters. The van der Waals surface area contributed by atoms with Gasteiger partial charge in [0.1, 0.15) is 0 Å². The number of hydrogen-bond donors (Lipinski definition) is 0. The fourth-order valence-electron chi connectivity index (χ4n) is 6.37. The van der Waals surface area contributed by atoms with E-state index in [0.717, 1.165) is 82.1 Å². The highest BCUT2D eigenvalue weighted by molar-refractivity contribution is 8.00. The number of amides is 1. The number of likely N-dealkylation sites (tertiary alicyclic amines) is 2. The number of benzene rings is 2. The van der Waals surface area contributed by atoms with Gasteiger partial charge in [-0.25, -0.2) is 0 Å². The van der Waals surface area contributed by atoms with E-state index in [0.29, 0.717) is 24.2 Å². The average Bonchev–Trinajstić information content (AvgIpc) is 3.44. The Bertz CT molecular complexity index is 1070. The highest BCUT2D eigenvalue weighted by Crippen LogP contribution is 2.37. The first-order valence-corrected chi connectivity index (χ1v) is 14.8. The van der Waals surface area contributed by atoms with Gasteiger partial charge in [0.15, 0.2) is 0 Å². The second-order valence-electron chi connectivity index (χ2n) is 11.0. The Hall–Kier alpha value is -1.90. The zero-order chi connectivity index (χ0) is 26.7. The van der Waals surface area contributed by atoms with Gasteiger partial charge in [-0.3, -0.25) is 4.79 Å². The fraction of sp³-hybridized carbons (Fsp3) is 0.552. The smallest absolute Gasteiger partial charge is 0.371 e. The number of anilines is 1. The summed E-state index contributed by atoms with van der Waals surface area (Å²) in [7, 11) is 0. The maximum atomic E-state index is 12.9. The standard InChI is InChI=1S/C29H35ClF3N3OS/c30-25-7-9-26(10-8-25)36-19-23-17-34(18-24(23)20-36)13-2-4-28(37)35-14-1-3-22(16-35)15-21-5-11-27(12-6-21)38-29(31,32)33/h5-12,22-24H,1-4,13-20H2/t22-,23?,24?/m1/s1.